The summed E-state index contributed by atoms with van der Waals surface area (Å²) in [5.41, 5.74) is 0. The summed E-state index contributed by atoms with van der Waals surface area (Å²) in [5.74, 6) is -0.717. The zero-order valence-corrected chi connectivity index (χ0v) is 10.7. The van der Waals surface area contributed by atoms with Crippen LogP contribution >= 0.6 is 0 Å². The van der Waals surface area contributed by atoms with Gasteiger partial charge in [0, 0.05) is 0 Å². The van der Waals surface area contributed by atoms with Crippen LogP contribution in [0.15, 0.2) is 0 Å². The summed E-state index contributed by atoms with van der Waals surface area (Å²) in [5, 5.41) is 15.5. The molecule has 0 saturated carbocycles. The third kappa shape index (κ3) is 2.68. The minimum atomic E-state index is -0.717. The summed E-state index contributed by atoms with van der Waals surface area (Å²) >= 11 is 0.583. The van der Waals surface area contributed by atoms with Crippen LogP contribution in [0.5, 0.6) is 0 Å². The Balaban J connectivity index is 1.70. The van der Waals surface area contributed by atoms with Gasteiger partial charge in [0.1, 0.15) is 0 Å². The van der Waals surface area contributed by atoms with Crippen LogP contribution in [-0.2, 0) is 4.79 Å². The molecule has 0 aliphatic carbocycles. The van der Waals surface area contributed by atoms with Crippen LogP contribution in [-0.4, -0.2) is 44.1 Å². The van der Waals surface area contributed by atoms with Gasteiger partial charge in [-0.3, -0.25) is 0 Å². The van der Waals surface area contributed by atoms with Crippen LogP contribution in [0.3, 0.4) is 0 Å². The first-order valence-electron chi connectivity index (χ1n) is 5.57. The van der Waals surface area contributed by atoms with Crippen molar-refractivity contribution in [3.05, 3.63) is 0 Å². The number of carbonyl (C=O) groups is 2. The fourth-order valence-corrected chi connectivity index (χ4v) is 5.50. The van der Waals surface area contributed by atoms with Crippen LogP contribution in [0.25, 0.3) is 0 Å². The van der Waals surface area contributed by atoms with Gasteiger partial charge in [-0.25, -0.2) is 0 Å². The number of urea groups is 1. The van der Waals surface area contributed by atoms with Crippen LogP contribution in [0.2, 0.25) is 10.1 Å². The number of nitrogens with one attached hydrogen (secondary N) is 2. The van der Waals surface area contributed by atoms with Gasteiger partial charge in [0.2, 0.25) is 0 Å². The average molecular weight is 291 g/mol. The fraction of sp³-hybridized carbons (Fsp3) is 0.800. The Labute approximate surface area is 101 Å². The van der Waals surface area contributed by atoms with E-state index in [4.69, 9.17) is 5.11 Å². The van der Waals surface area contributed by atoms with Crippen LogP contribution in [0.4, 0.5) is 4.79 Å². The van der Waals surface area contributed by atoms with E-state index in [9.17, 15) is 9.59 Å². The summed E-state index contributed by atoms with van der Waals surface area (Å²) in [7, 11) is 0. The van der Waals surface area contributed by atoms with E-state index in [2.05, 4.69) is 10.6 Å². The van der Waals surface area contributed by atoms with E-state index >= 15 is 0 Å². The molecule has 5 nitrogen and oxygen atoms in total. The molecule has 90 valence electrons. The Bertz CT molecular complexity index is 298. The molecule has 0 aromatic carbocycles. The van der Waals surface area contributed by atoms with Gasteiger partial charge >= 0.3 is 100 Å². The van der Waals surface area contributed by atoms with E-state index in [0.29, 0.717) is 31.9 Å². The maximum atomic E-state index is 11.1. The summed E-state index contributed by atoms with van der Waals surface area (Å²) < 4.78 is 0. The molecule has 0 spiro atoms. The molecule has 2 fully saturated rings. The van der Waals surface area contributed by atoms with E-state index in [-0.39, 0.29) is 12.5 Å². The maximum absolute atomic E-state index is 11.1. The molecule has 16 heavy (non-hydrogen) atoms. The quantitative estimate of drug-likeness (QED) is 0.513. The Morgan fingerprint density at radius 3 is 3.00 bits per heavy atom. The third-order valence-corrected chi connectivity index (χ3v) is 6.23. The van der Waals surface area contributed by atoms with Crippen molar-refractivity contribution in [2.45, 2.75) is 47.9 Å². The molecule has 2 heterocycles. The monoisotopic (exact) mass is 292 g/mol. The summed E-state index contributed by atoms with van der Waals surface area (Å²) in [4.78, 5) is 22.1. The minimum absolute atomic E-state index is 0.0407. The zero-order chi connectivity index (χ0) is 11.5. The van der Waals surface area contributed by atoms with Gasteiger partial charge in [-0.1, -0.05) is 0 Å². The van der Waals surface area contributed by atoms with E-state index in [0.717, 1.165) is 24.6 Å². The van der Waals surface area contributed by atoms with Crippen molar-refractivity contribution in [3.8, 4) is 0 Å². The molecule has 3 N–H and O–H groups in total. The molecule has 3 unspecified atom stereocenters. The number of aliphatic carboxylic acids is 1. The van der Waals surface area contributed by atoms with Gasteiger partial charge in [-0.2, -0.15) is 0 Å². The van der Waals surface area contributed by atoms with Gasteiger partial charge in [-0.15, -0.1) is 0 Å². The zero-order valence-electron chi connectivity index (χ0n) is 8.94. The number of hydrogen-bond donors (Lipinski definition) is 3. The van der Waals surface area contributed by atoms with Crippen LogP contribution < -0.4 is 10.6 Å². The number of amides is 2. The number of fused-ring (bicyclic) bond motifs is 1. The van der Waals surface area contributed by atoms with Crippen molar-refractivity contribution in [1.82, 2.24) is 10.6 Å². The first-order chi connectivity index (χ1) is 7.66. The fourth-order valence-electron chi connectivity index (χ4n) is 2.26. The Morgan fingerprint density at radius 1 is 1.44 bits per heavy atom. The first-order valence-corrected chi connectivity index (χ1v) is 7.77. The number of carboxylic acid groups (broad SMARTS) is 1. The van der Waals surface area contributed by atoms with Gasteiger partial charge in [0.15, 0.2) is 0 Å². The summed E-state index contributed by atoms with van der Waals surface area (Å²) in [6.07, 6.45) is 3.02. The average Bonchev–Trinajstić information content (AvgIpc) is 2.72. The van der Waals surface area contributed by atoms with Crippen LogP contribution in [0, 0.1) is 0 Å². The Kier molecular flexibility index (Phi) is 3.71. The van der Waals surface area contributed by atoms with E-state index in [1.54, 1.807) is 0 Å². The van der Waals surface area contributed by atoms with E-state index in [1.165, 1.54) is 0 Å². The first kappa shape index (κ1) is 11.7. The molecular formula is C10H16N2O3Se. The summed E-state index contributed by atoms with van der Waals surface area (Å²) in [6.45, 7) is 0. The predicted octanol–water partition coefficient (Wildman–Crippen LogP) is 0.606. The molecule has 2 saturated heterocycles. The number of carboxylic acids is 1. The molecule has 2 rings (SSSR count). The van der Waals surface area contributed by atoms with Crippen molar-refractivity contribution in [1.29, 1.82) is 0 Å². The van der Waals surface area contributed by atoms with Gasteiger partial charge in [0.25, 0.3) is 0 Å². The summed E-state index contributed by atoms with van der Waals surface area (Å²) in [6, 6.07) is 0.593. The molecule has 2 amide bonds. The second-order valence-electron chi connectivity index (χ2n) is 4.26. The third-order valence-electron chi connectivity index (χ3n) is 3.07. The molecule has 0 aromatic rings. The topological polar surface area (TPSA) is 78.4 Å². The van der Waals surface area contributed by atoms with Crippen LogP contribution in [0.1, 0.15) is 25.7 Å². The number of hydrogen-bond acceptors (Lipinski definition) is 2. The van der Waals surface area contributed by atoms with Crippen molar-refractivity contribution < 1.29 is 14.7 Å². The number of carbonyl (C=O) groups excluding carboxylic acids is 1. The second-order valence-corrected chi connectivity index (χ2v) is 6.93. The normalized spacial score (nSPS) is 32.0. The SMILES string of the molecule is O=C(O)CCCCC1[Se]CC2NC(=O)NC21. The van der Waals surface area contributed by atoms with Gasteiger partial charge < -0.3 is 0 Å². The number of unbranched alkanes of at least 4 members (excludes halogenated alkanes) is 1. The van der Waals surface area contributed by atoms with Crippen molar-refractivity contribution in [2.75, 3.05) is 0 Å². The van der Waals surface area contributed by atoms with Crippen molar-refractivity contribution in [2.24, 2.45) is 0 Å². The number of rotatable bonds is 5. The van der Waals surface area contributed by atoms with Crippen molar-refractivity contribution in [3.63, 3.8) is 0 Å². The van der Waals surface area contributed by atoms with Gasteiger partial charge in [-0.05, 0) is 0 Å². The van der Waals surface area contributed by atoms with E-state index < -0.39 is 5.97 Å². The molecular weight excluding hydrogens is 275 g/mol. The predicted molar refractivity (Wildman–Crippen MR) is 59.7 cm³/mol. The molecule has 6 heteroatoms. The molecule has 0 radical (unpaired) electrons. The van der Waals surface area contributed by atoms with Crippen molar-refractivity contribution >= 4 is 27.0 Å². The Hall–Kier alpha value is -0.741. The standard InChI is InChI=1S/C10H16N2O3Se/c13-8(14)4-2-1-3-7-9-6(5-16-7)11-10(15)12-9/h6-7,9H,1-5H2,(H,13,14)(H2,11,12,15). The molecule has 2 aliphatic heterocycles. The molecule has 3 atom stereocenters. The molecule has 0 bridgehead atoms. The molecule has 0 aromatic heterocycles. The van der Waals surface area contributed by atoms with E-state index in [1.807, 2.05) is 0 Å². The van der Waals surface area contributed by atoms with Gasteiger partial charge in [0.05, 0.1) is 0 Å². The second kappa shape index (κ2) is 5.06. The Morgan fingerprint density at radius 2 is 2.25 bits per heavy atom. The molecule has 2 aliphatic rings.